The van der Waals surface area contributed by atoms with E-state index in [4.69, 9.17) is 4.52 Å². The molecule has 0 saturated heterocycles. The summed E-state index contributed by atoms with van der Waals surface area (Å²) in [7, 11) is 0. The minimum atomic E-state index is -2.14. The second kappa shape index (κ2) is 5.37. The fourth-order valence-electron chi connectivity index (χ4n) is 0.613. The minimum absolute atomic E-state index is 0.206. The van der Waals surface area contributed by atoms with Gasteiger partial charge in [-0.2, -0.15) is 0 Å². The van der Waals surface area contributed by atoms with Gasteiger partial charge >= 0.3 is 68.5 Å². The van der Waals surface area contributed by atoms with Crippen LogP contribution >= 0.6 is 6.06 Å². The van der Waals surface area contributed by atoms with Crippen molar-refractivity contribution in [3.05, 3.63) is 0 Å². The summed E-state index contributed by atoms with van der Waals surface area (Å²) in [5.41, 5.74) is 0. The van der Waals surface area contributed by atoms with Crippen LogP contribution < -0.4 is 0 Å². The Balaban J connectivity index is 3.83. The topological polar surface area (TPSA) is 26.3 Å². The van der Waals surface area contributed by atoms with Crippen molar-refractivity contribution in [2.24, 2.45) is 0 Å². The molecule has 2 nitrogen and oxygen atoms in total. The standard InChI is InChI=1S/C6H15O2PSe/c1-4-8-9(7,5-2)10-6-3/h4-6H2,1-3H3. The Morgan fingerprint density at radius 2 is 2.00 bits per heavy atom. The zero-order valence-corrected chi connectivity index (χ0v) is 9.40. The molecule has 0 aromatic heterocycles. The monoisotopic (exact) mass is 230 g/mol. The van der Waals surface area contributed by atoms with Crippen molar-refractivity contribution in [2.45, 2.75) is 26.1 Å². The molecule has 10 heavy (non-hydrogen) atoms. The van der Waals surface area contributed by atoms with Crippen LogP contribution in [0.4, 0.5) is 0 Å². The molecule has 0 aromatic carbocycles. The van der Waals surface area contributed by atoms with E-state index in [0.717, 1.165) is 5.32 Å². The number of hydrogen-bond donors (Lipinski definition) is 0. The maximum atomic E-state index is 11.6. The SMILES string of the molecule is CCOP(=O)(CC)[Se]CC. The summed E-state index contributed by atoms with van der Waals surface area (Å²) in [4.78, 5) is 0. The summed E-state index contributed by atoms with van der Waals surface area (Å²) in [5.74, 6) is 0. The van der Waals surface area contributed by atoms with Crippen LogP contribution in [0.5, 0.6) is 0 Å². The first-order chi connectivity index (χ1) is 4.68. The Hall–Kier alpha value is 0.709. The molecule has 0 bridgehead atoms. The van der Waals surface area contributed by atoms with Gasteiger partial charge in [0.25, 0.3) is 0 Å². The van der Waals surface area contributed by atoms with Crippen molar-refractivity contribution in [3.63, 3.8) is 0 Å². The molecule has 1 unspecified atom stereocenters. The molecule has 0 aliphatic carbocycles. The van der Waals surface area contributed by atoms with Gasteiger partial charge in [-0.05, 0) is 0 Å². The molecule has 0 aliphatic heterocycles. The summed E-state index contributed by atoms with van der Waals surface area (Å²) < 4.78 is 16.8. The van der Waals surface area contributed by atoms with Crippen LogP contribution in [0.2, 0.25) is 5.32 Å². The van der Waals surface area contributed by atoms with Gasteiger partial charge in [0.2, 0.25) is 0 Å². The van der Waals surface area contributed by atoms with Crippen molar-refractivity contribution in [1.29, 1.82) is 0 Å². The van der Waals surface area contributed by atoms with Crippen molar-refractivity contribution in [2.75, 3.05) is 12.8 Å². The third-order valence-electron chi connectivity index (χ3n) is 1.04. The molecule has 0 amide bonds. The molecule has 4 heteroatoms. The van der Waals surface area contributed by atoms with Crippen molar-refractivity contribution in [1.82, 2.24) is 0 Å². The van der Waals surface area contributed by atoms with Gasteiger partial charge in [0.15, 0.2) is 0 Å². The van der Waals surface area contributed by atoms with Gasteiger partial charge in [0, 0.05) is 0 Å². The number of hydrogen-bond acceptors (Lipinski definition) is 2. The van der Waals surface area contributed by atoms with Crippen LogP contribution in [-0.2, 0) is 9.09 Å². The van der Waals surface area contributed by atoms with E-state index in [1.54, 1.807) is 0 Å². The van der Waals surface area contributed by atoms with Gasteiger partial charge in [-0.1, -0.05) is 0 Å². The van der Waals surface area contributed by atoms with E-state index in [9.17, 15) is 4.57 Å². The summed E-state index contributed by atoms with van der Waals surface area (Å²) in [6, 6.07) is -2.14. The Morgan fingerprint density at radius 1 is 1.40 bits per heavy atom. The van der Waals surface area contributed by atoms with Gasteiger partial charge in [-0.15, -0.1) is 0 Å². The molecule has 0 fully saturated rings. The molecule has 0 spiro atoms. The zero-order chi connectivity index (χ0) is 8.04. The molecular weight excluding hydrogens is 214 g/mol. The number of rotatable bonds is 5. The molecule has 0 heterocycles. The van der Waals surface area contributed by atoms with E-state index >= 15 is 0 Å². The van der Waals surface area contributed by atoms with E-state index in [1.807, 2.05) is 13.8 Å². The molecule has 0 aliphatic rings. The predicted molar refractivity (Wildman–Crippen MR) is 46.0 cm³/mol. The first kappa shape index (κ1) is 10.7. The molecule has 0 aromatic rings. The molecule has 0 saturated carbocycles. The summed E-state index contributed by atoms with van der Waals surface area (Å²) >= 11 is 0.206. The Labute approximate surface area is 68.9 Å². The summed E-state index contributed by atoms with van der Waals surface area (Å²) in [5, 5.41) is 1.01. The van der Waals surface area contributed by atoms with E-state index in [1.165, 1.54) is 0 Å². The summed E-state index contributed by atoms with van der Waals surface area (Å²) in [6.45, 7) is 6.48. The first-order valence-corrected chi connectivity index (χ1v) is 8.80. The first-order valence-electron chi connectivity index (χ1n) is 3.56. The van der Waals surface area contributed by atoms with Gasteiger partial charge < -0.3 is 0 Å². The second-order valence-electron chi connectivity index (χ2n) is 1.76. The third-order valence-corrected chi connectivity index (χ3v) is 9.51. The Kier molecular flexibility index (Phi) is 5.75. The van der Waals surface area contributed by atoms with Crippen LogP contribution in [0.1, 0.15) is 20.8 Å². The average Bonchev–Trinajstić information content (AvgIpc) is 1.89. The molecule has 1 atom stereocenters. The van der Waals surface area contributed by atoms with Gasteiger partial charge in [0.1, 0.15) is 0 Å². The molecule has 0 N–H and O–H groups in total. The molecule has 0 rings (SSSR count). The van der Waals surface area contributed by atoms with Crippen LogP contribution in [0.25, 0.3) is 0 Å². The summed E-state index contributed by atoms with van der Waals surface area (Å²) in [6.07, 6.45) is 0.703. The van der Waals surface area contributed by atoms with Crippen LogP contribution in [0.15, 0.2) is 0 Å². The second-order valence-corrected chi connectivity index (χ2v) is 10.5. The normalized spacial score (nSPS) is 16.7. The average molecular weight is 229 g/mol. The van der Waals surface area contributed by atoms with Crippen molar-refractivity contribution in [3.8, 4) is 0 Å². The molecule has 0 radical (unpaired) electrons. The third kappa shape index (κ3) is 3.78. The van der Waals surface area contributed by atoms with Crippen LogP contribution in [-0.4, -0.2) is 27.3 Å². The Morgan fingerprint density at radius 3 is 2.30 bits per heavy atom. The quantitative estimate of drug-likeness (QED) is 0.534. The van der Waals surface area contributed by atoms with E-state index in [0.29, 0.717) is 12.8 Å². The maximum absolute atomic E-state index is 11.6. The fourth-order valence-corrected chi connectivity index (χ4v) is 6.60. The Bertz CT molecular complexity index is 117. The van der Waals surface area contributed by atoms with Crippen molar-refractivity contribution >= 4 is 20.6 Å². The van der Waals surface area contributed by atoms with Gasteiger partial charge in [-0.25, -0.2) is 0 Å². The molecule has 62 valence electrons. The predicted octanol–water partition coefficient (Wildman–Crippen LogP) is 2.38. The van der Waals surface area contributed by atoms with E-state index < -0.39 is 6.06 Å². The van der Waals surface area contributed by atoms with Crippen molar-refractivity contribution < 1.29 is 9.09 Å². The van der Waals surface area contributed by atoms with Gasteiger partial charge in [0.05, 0.1) is 0 Å². The zero-order valence-electron chi connectivity index (χ0n) is 6.79. The molecular formula is C6H15O2PSe. The van der Waals surface area contributed by atoms with Crippen LogP contribution in [0, 0.1) is 0 Å². The van der Waals surface area contributed by atoms with Crippen LogP contribution in [0.3, 0.4) is 0 Å². The van der Waals surface area contributed by atoms with Gasteiger partial charge in [-0.3, -0.25) is 0 Å². The van der Waals surface area contributed by atoms with E-state index in [2.05, 4.69) is 6.92 Å². The fraction of sp³-hybridized carbons (Fsp3) is 1.00. The van der Waals surface area contributed by atoms with E-state index in [-0.39, 0.29) is 14.5 Å².